The van der Waals surface area contributed by atoms with E-state index in [1.807, 2.05) is 91.9 Å². The molecule has 6 rings (SSSR count). The van der Waals surface area contributed by atoms with Gasteiger partial charge in [0.2, 0.25) is 0 Å². The monoisotopic (exact) mass is 1050 g/mol. The van der Waals surface area contributed by atoms with Crippen molar-refractivity contribution >= 4 is 34.6 Å². The third-order valence-electron chi connectivity index (χ3n) is 11.0. The van der Waals surface area contributed by atoms with Crippen LogP contribution in [0.4, 0.5) is 0 Å². The second-order valence-electron chi connectivity index (χ2n) is 17.0. The zero-order valence-electron chi connectivity index (χ0n) is 40.6. The van der Waals surface area contributed by atoms with Gasteiger partial charge in [-0.15, -0.1) is 22.7 Å². The van der Waals surface area contributed by atoms with E-state index in [9.17, 15) is 40.2 Å². The average molecular weight is 1050 g/mol. The first-order valence-electron chi connectivity index (χ1n) is 23.4. The molecule has 0 aliphatic rings. The van der Waals surface area contributed by atoms with Crippen LogP contribution in [0.25, 0.3) is 0 Å². The van der Waals surface area contributed by atoms with Crippen molar-refractivity contribution in [3.05, 3.63) is 164 Å². The van der Waals surface area contributed by atoms with Crippen LogP contribution in [0.2, 0.25) is 0 Å². The Morgan fingerprint density at radius 2 is 0.849 bits per heavy atom. The molecule has 0 radical (unpaired) electrons. The van der Waals surface area contributed by atoms with Crippen LogP contribution in [0.15, 0.2) is 122 Å². The summed E-state index contributed by atoms with van der Waals surface area (Å²) in [7, 11) is 1.47. The molecule has 0 saturated carbocycles. The molecule has 20 nitrogen and oxygen atoms in total. The van der Waals surface area contributed by atoms with Gasteiger partial charge in [0.05, 0.1) is 47.0 Å². The highest BCUT2D eigenvalue weighted by molar-refractivity contribution is 7.14. The third kappa shape index (κ3) is 20.7. The minimum atomic E-state index is -1.74. The number of amides is 1. The highest BCUT2D eigenvalue weighted by Crippen LogP contribution is 2.23. The molecule has 396 valence electrons. The number of rotatable bonds is 26. The summed E-state index contributed by atoms with van der Waals surface area (Å²) in [4.78, 5) is 50.0. The predicted octanol–water partition coefficient (Wildman–Crippen LogP) is 1.91. The van der Waals surface area contributed by atoms with Crippen LogP contribution >= 0.6 is 22.7 Å². The average Bonchev–Trinajstić information content (AvgIpc) is 4.09. The van der Waals surface area contributed by atoms with E-state index >= 15 is 0 Å². The molecule has 6 heterocycles. The van der Waals surface area contributed by atoms with Crippen LogP contribution in [0.3, 0.4) is 0 Å². The maximum atomic E-state index is 12.9. The second kappa shape index (κ2) is 31.9. The molecule has 0 aromatic carbocycles. The lowest BCUT2D eigenvalue weighted by Crippen LogP contribution is -2.49. The molecule has 73 heavy (non-hydrogen) atoms. The summed E-state index contributed by atoms with van der Waals surface area (Å²) in [5.41, 5.74) is 3.79. The van der Waals surface area contributed by atoms with Crippen LogP contribution < -0.4 is 0 Å². The highest BCUT2D eigenvalue weighted by Gasteiger charge is 2.32. The van der Waals surface area contributed by atoms with Gasteiger partial charge in [-0.3, -0.25) is 34.5 Å². The molecule has 0 spiro atoms. The Morgan fingerprint density at radius 1 is 0.493 bits per heavy atom. The molecule has 0 unspecified atom stereocenters. The maximum Gasteiger partial charge on any atom is 0.345 e. The minimum absolute atomic E-state index is 0.270. The van der Waals surface area contributed by atoms with Crippen LogP contribution in [0, 0.1) is 0 Å². The Morgan fingerprint density at radius 3 is 1.18 bits per heavy atom. The molecule has 0 aliphatic carbocycles. The number of likely N-dealkylation sites (N-methyl/N-ethyl adjacent to an activating group) is 1. The van der Waals surface area contributed by atoms with E-state index in [1.165, 1.54) is 34.6 Å². The SMILES string of the molecule is CCC[C@H](O)[C@@H](O)[C@H](O)[C@H](O)CO.CN(C[C@H](O)[C@@H](O)[C@H](O)[C@H](O)CO)C(=O)c1ccc(CN(Cc2ccccn2)Cc2ccccn2)s1.O=C(O)c1ccc(CN(Cc2ccccn2)Cc2ccccn2)s1. The Labute approximate surface area is 432 Å². The lowest BCUT2D eigenvalue weighted by molar-refractivity contribution is -0.117. The summed E-state index contributed by atoms with van der Waals surface area (Å²) < 4.78 is 0. The molecule has 11 N–H and O–H groups in total. The molecular weight excluding hydrogens is 983 g/mol. The predicted molar refractivity (Wildman–Crippen MR) is 273 cm³/mol. The molecule has 0 bridgehead atoms. The fourth-order valence-corrected chi connectivity index (χ4v) is 9.00. The van der Waals surface area contributed by atoms with Crippen LogP contribution in [0.5, 0.6) is 0 Å². The lowest BCUT2D eigenvalue weighted by Gasteiger charge is -2.28. The number of hydrogen-bond acceptors (Lipinski definition) is 20. The van der Waals surface area contributed by atoms with Crippen molar-refractivity contribution in [2.24, 2.45) is 0 Å². The summed E-state index contributed by atoms with van der Waals surface area (Å²) in [5, 5.41) is 102. The molecule has 22 heteroatoms. The smallest absolute Gasteiger partial charge is 0.345 e. The Balaban J connectivity index is 0.000000267. The van der Waals surface area contributed by atoms with Gasteiger partial charge >= 0.3 is 5.97 Å². The first-order chi connectivity index (χ1) is 35.0. The van der Waals surface area contributed by atoms with Gasteiger partial charge in [0.15, 0.2) is 0 Å². The van der Waals surface area contributed by atoms with Gasteiger partial charge in [-0.05, 0) is 79.2 Å². The van der Waals surface area contributed by atoms with E-state index in [0.717, 1.165) is 32.5 Å². The molecule has 6 aromatic rings. The quantitative estimate of drug-likeness (QED) is 0.0370. The van der Waals surface area contributed by atoms with Gasteiger partial charge in [-0.25, -0.2) is 4.79 Å². The van der Waals surface area contributed by atoms with Crippen LogP contribution in [0.1, 0.15) is 71.6 Å². The first-order valence-corrected chi connectivity index (χ1v) is 25.0. The number of thiophene rings is 2. The topological polar surface area (TPSA) is 318 Å². The molecule has 0 saturated heterocycles. The molecular formula is C51H67N7O13S2. The van der Waals surface area contributed by atoms with E-state index in [2.05, 4.69) is 29.7 Å². The summed E-state index contributed by atoms with van der Waals surface area (Å²) >= 11 is 2.64. The number of carboxylic acid groups (broad SMARTS) is 1. The van der Waals surface area contributed by atoms with Gasteiger partial charge < -0.3 is 61.1 Å². The molecule has 0 aliphatic heterocycles. The standard InChI is InChI=1S/C25H32N4O6S.C18H17N3O2S.C8H18O5/c1-28(15-20(31)23(33)24(34)21(32)16-30)25(35)22-9-8-19(36-22)14-29(12-17-6-2-4-10-26-17)13-18-7-3-5-11-27-18;22-18(23)17-8-7-16(24-17)13-21(11-14-5-1-3-9-19-14)12-15-6-2-4-10-20-15;1-2-3-5(10)7(12)8(13)6(11)4-9/h2-11,20-21,23-24,30-34H,12-16H2,1H3;1-10H,11-13H2,(H,22,23);5-13H,2-4H2,1H3/t20-,21+,23+,24+;;5-,6+,7+,8+/m0.0/s1. The number of hydrogen-bond donors (Lipinski definition) is 11. The Hall–Kier alpha value is -5.54. The second-order valence-corrected chi connectivity index (χ2v) is 19.3. The Kier molecular flexibility index (Phi) is 26.2. The number of nitrogens with zero attached hydrogens (tertiary/aromatic N) is 7. The number of carboxylic acids is 1. The van der Waals surface area contributed by atoms with Crippen molar-refractivity contribution in [3.63, 3.8) is 0 Å². The van der Waals surface area contributed by atoms with Crippen LogP contribution in [-0.2, 0) is 39.3 Å². The van der Waals surface area contributed by atoms with Crippen LogP contribution in [-0.4, -0.2) is 178 Å². The fraction of sp³-hybridized carbons (Fsp3) is 0.412. The maximum absolute atomic E-state index is 12.9. The van der Waals surface area contributed by atoms with E-state index in [4.69, 9.17) is 25.5 Å². The van der Waals surface area contributed by atoms with E-state index in [1.54, 1.807) is 36.9 Å². The van der Waals surface area contributed by atoms with E-state index in [0.29, 0.717) is 61.9 Å². The minimum Gasteiger partial charge on any atom is -0.477 e. The highest BCUT2D eigenvalue weighted by atomic mass is 32.1. The number of pyridine rings is 4. The lowest BCUT2D eigenvalue weighted by atomic mass is 10.0. The number of aliphatic hydroxyl groups excluding tert-OH is 10. The molecule has 0 fully saturated rings. The van der Waals surface area contributed by atoms with Gasteiger partial charge in [0.25, 0.3) is 5.91 Å². The largest absolute Gasteiger partial charge is 0.477 e. The summed E-state index contributed by atoms with van der Waals surface area (Å²) in [5.74, 6) is -1.23. The number of aliphatic hydroxyl groups is 10. The number of carbonyl (C=O) groups excluding carboxylic acids is 1. The Bertz CT molecular complexity index is 2370. The molecule has 1 amide bonds. The summed E-state index contributed by atoms with van der Waals surface area (Å²) in [6.07, 6.45) is -3.92. The van der Waals surface area contributed by atoms with Crippen molar-refractivity contribution in [2.75, 3.05) is 26.8 Å². The van der Waals surface area contributed by atoms with Crippen molar-refractivity contribution in [1.29, 1.82) is 0 Å². The van der Waals surface area contributed by atoms with Crippen molar-refractivity contribution < 1.29 is 65.8 Å². The normalized spacial score (nSPS) is 14.6. The zero-order valence-corrected chi connectivity index (χ0v) is 42.3. The van der Waals surface area contributed by atoms with Crippen molar-refractivity contribution in [2.45, 2.75) is 108 Å². The van der Waals surface area contributed by atoms with Gasteiger partial charge in [0.1, 0.15) is 47.6 Å². The molecule has 8 atom stereocenters. The summed E-state index contributed by atoms with van der Waals surface area (Å²) in [6.45, 7) is 3.93. The first kappa shape index (κ1) is 60.0. The van der Waals surface area contributed by atoms with Crippen molar-refractivity contribution in [3.8, 4) is 0 Å². The van der Waals surface area contributed by atoms with Crippen molar-refractivity contribution in [1.82, 2.24) is 34.6 Å². The zero-order chi connectivity index (χ0) is 53.3. The summed E-state index contributed by atoms with van der Waals surface area (Å²) in [6, 6.07) is 30.3. The van der Waals surface area contributed by atoms with Gasteiger partial charge in [-0.1, -0.05) is 37.6 Å². The van der Waals surface area contributed by atoms with Gasteiger partial charge in [0, 0.05) is 87.4 Å². The number of carbonyl (C=O) groups is 2. The third-order valence-corrected chi connectivity index (χ3v) is 13.1. The number of aromatic carboxylic acids is 1. The fourth-order valence-electron chi connectivity index (χ4n) is 7.07. The number of aromatic nitrogens is 4. The van der Waals surface area contributed by atoms with Gasteiger partial charge in [-0.2, -0.15) is 0 Å². The van der Waals surface area contributed by atoms with E-state index in [-0.39, 0.29) is 12.5 Å². The van der Waals surface area contributed by atoms with E-state index < -0.39 is 68.0 Å². The molecule has 6 aromatic heterocycles.